The van der Waals surface area contributed by atoms with Crippen molar-refractivity contribution >= 4 is 10.8 Å². The molecule has 0 heterocycles. The van der Waals surface area contributed by atoms with Crippen molar-refractivity contribution in [2.75, 3.05) is 0 Å². The Labute approximate surface area is 120 Å². The van der Waals surface area contributed by atoms with E-state index in [0.717, 1.165) is 23.7 Å². The molecule has 1 aliphatic carbocycles. The molecule has 2 aromatic rings. The molecule has 3 rings (SSSR count). The van der Waals surface area contributed by atoms with Gasteiger partial charge in [-0.3, -0.25) is 0 Å². The fourth-order valence-corrected chi connectivity index (χ4v) is 3.30. The van der Waals surface area contributed by atoms with E-state index in [9.17, 15) is 0 Å². The topological polar surface area (TPSA) is 35.2 Å². The number of ether oxygens (including phenoxy) is 1. The molecule has 0 bridgehead atoms. The highest BCUT2D eigenvalue weighted by Crippen LogP contribution is 2.32. The number of fused-ring (bicyclic) bond motifs is 1. The zero-order chi connectivity index (χ0) is 13.9. The average Bonchev–Trinajstić information content (AvgIpc) is 2.47. The van der Waals surface area contributed by atoms with Gasteiger partial charge < -0.3 is 10.5 Å². The largest absolute Gasteiger partial charge is 0.490 e. The van der Waals surface area contributed by atoms with Crippen molar-refractivity contribution in [2.45, 2.75) is 45.3 Å². The SMILES string of the molecule is CC1CCCC(Oc2ccc3ccccc3c2CN)C1. The molecule has 1 aliphatic rings. The summed E-state index contributed by atoms with van der Waals surface area (Å²) in [5.74, 6) is 1.75. The zero-order valence-electron chi connectivity index (χ0n) is 12.1. The molecule has 2 heteroatoms. The third-order valence-electron chi connectivity index (χ3n) is 4.38. The molecule has 1 saturated carbocycles. The molecule has 2 nitrogen and oxygen atoms in total. The van der Waals surface area contributed by atoms with Crippen LogP contribution in [0.2, 0.25) is 0 Å². The Morgan fingerprint density at radius 1 is 1.15 bits per heavy atom. The Balaban J connectivity index is 1.90. The van der Waals surface area contributed by atoms with Crippen LogP contribution in [0, 0.1) is 5.92 Å². The smallest absolute Gasteiger partial charge is 0.124 e. The molecule has 2 aromatic carbocycles. The van der Waals surface area contributed by atoms with Crippen LogP contribution in [0.25, 0.3) is 10.8 Å². The lowest BCUT2D eigenvalue weighted by Gasteiger charge is -2.28. The number of rotatable bonds is 3. The van der Waals surface area contributed by atoms with Gasteiger partial charge in [-0.15, -0.1) is 0 Å². The molecule has 0 aromatic heterocycles. The van der Waals surface area contributed by atoms with Gasteiger partial charge >= 0.3 is 0 Å². The van der Waals surface area contributed by atoms with E-state index in [1.54, 1.807) is 0 Å². The monoisotopic (exact) mass is 269 g/mol. The summed E-state index contributed by atoms with van der Waals surface area (Å²) in [6, 6.07) is 12.6. The first kappa shape index (κ1) is 13.4. The van der Waals surface area contributed by atoms with Crippen LogP contribution in [0.15, 0.2) is 36.4 Å². The summed E-state index contributed by atoms with van der Waals surface area (Å²) in [6.45, 7) is 2.85. The minimum absolute atomic E-state index is 0.352. The van der Waals surface area contributed by atoms with Crippen LogP contribution in [0.1, 0.15) is 38.2 Å². The molecule has 20 heavy (non-hydrogen) atoms. The Morgan fingerprint density at radius 3 is 2.80 bits per heavy atom. The van der Waals surface area contributed by atoms with E-state index in [1.165, 1.54) is 30.0 Å². The molecule has 106 valence electrons. The second-order valence-corrected chi connectivity index (χ2v) is 5.98. The average molecular weight is 269 g/mol. The lowest BCUT2D eigenvalue weighted by Crippen LogP contribution is -2.24. The fraction of sp³-hybridized carbons (Fsp3) is 0.444. The van der Waals surface area contributed by atoms with Crippen molar-refractivity contribution in [1.82, 2.24) is 0 Å². The quantitative estimate of drug-likeness (QED) is 0.903. The number of benzene rings is 2. The Bertz CT molecular complexity index is 593. The molecule has 0 amide bonds. The molecule has 2 N–H and O–H groups in total. The summed E-state index contributed by atoms with van der Waals surface area (Å²) in [5.41, 5.74) is 7.11. The maximum Gasteiger partial charge on any atom is 0.124 e. The van der Waals surface area contributed by atoms with Gasteiger partial charge in [0.15, 0.2) is 0 Å². The van der Waals surface area contributed by atoms with Crippen LogP contribution in [-0.4, -0.2) is 6.10 Å². The summed E-state index contributed by atoms with van der Waals surface area (Å²) in [5, 5.41) is 2.45. The van der Waals surface area contributed by atoms with Gasteiger partial charge in [-0.25, -0.2) is 0 Å². The van der Waals surface area contributed by atoms with E-state index in [-0.39, 0.29) is 0 Å². The summed E-state index contributed by atoms with van der Waals surface area (Å²) >= 11 is 0. The van der Waals surface area contributed by atoms with Crippen LogP contribution >= 0.6 is 0 Å². The van der Waals surface area contributed by atoms with Gasteiger partial charge in [0.25, 0.3) is 0 Å². The maximum absolute atomic E-state index is 6.28. The first-order valence-electron chi connectivity index (χ1n) is 7.65. The van der Waals surface area contributed by atoms with Gasteiger partial charge in [0, 0.05) is 12.1 Å². The van der Waals surface area contributed by atoms with Crippen molar-refractivity contribution in [3.05, 3.63) is 42.0 Å². The molecule has 2 unspecified atom stereocenters. The van der Waals surface area contributed by atoms with Crippen molar-refractivity contribution < 1.29 is 4.74 Å². The van der Waals surface area contributed by atoms with E-state index in [1.807, 2.05) is 0 Å². The van der Waals surface area contributed by atoms with Gasteiger partial charge in [-0.1, -0.05) is 43.7 Å². The minimum atomic E-state index is 0.352. The lowest BCUT2D eigenvalue weighted by atomic mass is 9.88. The van der Waals surface area contributed by atoms with E-state index < -0.39 is 0 Å². The fourth-order valence-electron chi connectivity index (χ4n) is 3.30. The first-order chi connectivity index (χ1) is 9.78. The zero-order valence-corrected chi connectivity index (χ0v) is 12.1. The summed E-state index contributed by atoms with van der Waals surface area (Å²) in [4.78, 5) is 0. The van der Waals surface area contributed by atoms with Crippen LogP contribution in [-0.2, 0) is 6.54 Å². The Kier molecular flexibility index (Phi) is 3.93. The summed E-state index contributed by atoms with van der Waals surface area (Å²) in [7, 11) is 0. The molecule has 2 atom stereocenters. The van der Waals surface area contributed by atoms with Crippen LogP contribution < -0.4 is 10.5 Å². The van der Waals surface area contributed by atoms with Gasteiger partial charge in [-0.05, 0) is 42.0 Å². The molecule has 0 radical (unpaired) electrons. The Hall–Kier alpha value is -1.54. The highest BCUT2D eigenvalue weighted by atomic mass is 16.5. The standard InChI is InChI=1S/C18H23NO/c1-13-5-4-7-15(11-13)20-18-10-9-14-6-2-3-8-16(14)17(18)12-19/h2-3,6,8-10,13,15H,4-5,7,11-12,19H2,1H3. The molecule has 1 fully saturated rings. The van der Waals surface area contributed by atoms with E-state index in [0.29, 0.717) is 12.6 Å². The summed E-state index contributed by atoms with van der Waals surface area (Å²) in [6.07, 6.45) is 5.29. The predicted molar refractivity (Wildman–Crippen MR) is 83.9 cm³/mol. The lowest BCUT2D eigenvalue weighted by molar-refractivity contribution is 0.128. The van der Waals surface area contributed by atoms with Crippen molar-refractivity contribution in [2.24, 2.45) is 11.7 Å². The van der Waals surface area contributed by atoms with Crippen LogP contribution in [0.3, 0.4) is 0 Å². The van der Waals surface area contributed by atoms with Crippen molar-refractivity contribution in [1.29, 1.82) is 0 Å². The number of hydrogen-bond donors (Lipinski definition) is 1. The van der Waals surface area contributed by atoms with Crippen molar-refractivity contribution in [3.8, 4) is 5.75 Å². The van der Waals surface area contributed by atoms with Crippen LogP contribution in [0.5, 0.6) is 5.75 Å². The van der Waals surface area contributed by atoms with Gasteiger partial charge in [0.05, 0.1) is 6.10 Å². The summed E-state index contributed by atoms with van der Waals surface area (Å²) < 4.78 is 6.28. The van der Waals surface area contributed by atoms with Gasteiger partial charge in [0.1, 0.15) is 5.75 Å². The van der Waals surface area contributed by atoms with E-state index in [4.69, 9.17) is 10.5 Å². The number of hydrogen-bond acceptors (Lipinski definition) is 2. The molecular formula is C18H23NO. The van der Waals surface area contributed by atoms with Crippen LogP contribution in [0.4, 0.5) is 0 Å². The van der Waals surface area contributed by atoms with E-state index in [2.05, 4.69) is 43.3 Å². The highest BCUT2D eigenvalue weighted by molar-refractivity contribution is 5.87. The maximum atomic E-state index is 6.28. The second kappa shape index (κ2) is 5.84. The van der Waals surface area contributed by atoms with Gasteiger partial charge in [0.2, 0.25) is 0 Å². The number of nitrogens with two attached hydrogens (primary N) is 1. The third-order valence-corrected chi connectivity index (χ3v) is 4.38. The van der Waals surface area contributed by atoms with Crippen molar-refractivity contribution in [3.63, 3.8) is 0 Å². The Morgan fingerprint density at radius 2 is 2.00 bits per heavy atom. The molecular weight excluding hydrogens is 246 g/mol. The molecule has 0 aliphatic heterocycles. The third kappa shape index (κ3) is 2.66. The van der Waals surface area contributed by atoms with E-state index >= 15 is 0 Å². The van der Waals surface area contributed by atoms with Gasteiger partial charge in [-0.2, -0.15) is 0 Å². The second-order valence-electron chi connectivity index (χ2n) is 5.98. The highest BCUT2D eigenvalue weighted by Gasteiger charge is 2.21. The molecule has 0 spiro atoms. The molecule has 0 saturated heterocycles. The normalized spacial score (nSPS) is 22.9. The minimum Gasteiger partial charge on any atom is -0.490 e. The first-order valence-corrected chi connectivity index (χ1v) is 7.65. The predicted octanol–water partition coefficient (Wildman–Crippen LogP) is 4.26.